The van der Waals surface area contributed by atoms with Gasteiger partial charge in [0, 0.05) is 6.04 Å². The number of nitriles is 2. The highest BCUT2D eigenvalue weighted by atomic mass is 32.2. The third-order valence-corrected chi connectivity index (χ3v) is 5.79. The van der Waals surface area contributed by atoms with E-state index in [4.69, 9.17) is 11.0 Å². The van der Waals surface area contributed by atoms with Crippen molar-refractivity contribution in [2.24, 2.45) is 0 Å². The van der Waals surface area contributed by atoms with Gasteiger partial charge in [0.1, 0.15) is 28.2 Å². The van der Waals surface area contributed by atoms with E-state index in [-0.39, 0.29) is 28.9 Å². The monoisotopic (exact) mass is 377 g/mol. The molecule has 1 fully saturated rings. The standard InChI is InChI=1S/C20H19N5OS/c21-11-14-10-15(12-22)20(25-18(14)23)27-17(13-6-2-1-3-7-13)19(26)24-16-8-4-5-9-16/h1-3,6-7,10,16-17H,4-5,8-9H2,(H2,23,25)(H,24,26)/t17-/m1/s1. The molecule has 1 heterocycles. The van der Waals surface area contributed by atoms with Crippen LogP contribution in [0.5, 0.6) is 0 Å². The van der Waals surface area contributed by atoms with Gasteiger partial charge in [-0.2, -0.15) is 10.5 Å². The van der Waals surface area contributed by atoms with Crippen LogP contribution in [0.3, 0.4) is 0 Å². The number of nitrogens with one attached hydrogen (secondary N) is 1. The largest absolute Gasteiger partial charge is 0.383 e. The number of hydrogen-bond donors (Lipinski definition) is 2. The van der Waals surface area contributed by atoms with Crippen LogP contribution in [-0.4, -0.2) is 16.9 Å². The first-order chi connectivity index (χ1) is 13.1. The number of rotatable bonds is 5. The number of nitrogen functional groups attached to an aromatic ring is 1. The second kappa shape index (κ2) is 8.57. The number of nitrogens with two attached hydrogens (primary N) is 1. The van der Waals surface area contributed by atoms with Crippen LogP contribution >= 0.6 is 11.8 Å². The molecule has 3 N–H and O–H groups in total. The number of thioether (sulfide) groups is 1. The predicted octanol–water partition coefficient (Wildman–Crippen LogP) is 3.30. The van der Waals surface area contributed by atoms with Crippen LogP contribution < -0.4 is 11.1 Å². The van der Waals surface area contributed by atoms with Gasteiger partial charge in [-0.05, 0) is 24.5 Å². The molecule has 0 bridgehead atoms. The molecule has 0 saturated heterocycles. The molecule has 1 aliphatic carbocycles. The molecule has 0 aliphatic heterocycles. The minimum absolute atomic E-state index is 0.0574. The molecule has 0 unspecified atom stereocenters. The van der Waals surface area contributed by atoms with E-state index in [9.17, 15) is 10.1 Å². The van der Waals surface area contributed by atoms with E-state index in [2.05, 4.69) is 10.3 Å². The fraction of sp³-hybridized carbons (Fsp3) is 0.300. The van der Waals surface area contributed by atoms with Gasteiger partial charge in [0.2, 0.25) is 5.91 Å². The Morgan fingerprint density at radius 1 is 1.19 bits per heavy atom. The zero-order valence-corrected chi connectivity index (χ0v) is 15.5. The van der Waals surface area contributed by atoms with E-state index in [0.29, 0.717) is 5.03 Å². The van der Waals surface area contributed by atoms with Gasteiger partial charge < -0.3 is 11.1 Å². The van der Waals surface area contributed by atoms with Gasteiger partial charge in [-0.25, -0.2) is 4.98 Å². The first-order valence-corrected chi connectivity index (χ1v) is 9.63. The summed E-state index contributed by atoms with van der Waals surface area (Å²) in [7, 11) is 0. The number of anilines is 1. The van der Waals surface area contributed by atoms with Gasteiger partial charge in [-0.1, -0.05) is 54.9 Å². The van der Waals surface area contributed by atoms with Gasteiger partial charge in [-0.15, -0.1) is 0 Å². The average Bonchev–Trinajstić information content (AvgIpc) is 3.19. The Morgan fingerprint density at radius 2 is 1.85 bits per heavy atom. The lowest BCUT2D eigenvalue weighted by atomic mass is 10.1. The van der Waals surface area contributed by atoms with Gasteiger partial charge in [0.05, 0.1) is 11.1 Å². The summed E-state index contributed by atoms with van der Waals surface area (Å²) >= 11 is 1.18. The lowest BCUT2D eigenvalue weighted by molar-refractivity contribution is -0.121. The number of carbonyl (C=O) groups excluding carboxylic acids is 1. The second-order valence-electron chi connectivity index (χ2n) is 6.40. The molecule has 1 aromatic carbocycles. The fourth-order valence-electron chi connectivity index (χ4n) is 3.13. The zero-order chi connectivity index (χ0) is 19.2. The number of amides is 1. The quantitative estimate of drug-likeness (QED) is 0.772. The maximum atomic E-state index is 13.0. The summed E-state index contributed by atoms with van der Waals surface area (Å²) in [6.07, 6.45) is 4.23. The van der Waals surface area contributed by atoms with E-state index >= 15 is 0 Å². The van der Waals surface area contributed by atoms with Crippen molar-refractivity contribution in [2.75, 3.05) is 5.73 Å². The SMILES string of the molecule is N#Cc1cc(C#N)c(S[C@@H](C(=O)NC2CCCC2)c2ccccc2)nc1N. The van der Waals surface area contributed by atoms with Crippen LogP contribution in [0.25, 0.3) is 0 Å². The fourth-order valence-corrected chi connectivity index (χ4v) is 4.20. The summed E-state index contributed by atoms with van der Waals surface area (Å²) < 4.78 is 0. The minimum Gasteiger partial charge on any atom is -0.383 e. The third-order valence-electron chi connectivity index (χ3n) is 4.53. The summed E-state index contributed by atoms with van der Waals surface area (Å²) in [6.45, 7) is 0. The first-order valence-electron chi connectivity index (χ1n) is 8.75. The summed E-state index contributed by atoms with van der Waals surface area (Å²) in [6, 6.07) is 15.0. The molecule has 1 amide bonds. The number of pyridine rings is 1. The number of aromatic nitrogens is 1. The molecule has 0 spiro atoms. The highest BCUT2D eigenvalue weighted by molar-refractivity contribution is 8.00. The smallest absolute Gasteiger partial charge is 0.238 e. The number of hydrogen-bond acceptors (Lipinski definition) is 6. The van der Waals surface area contributed by atoms with Gasteiger partial charge in [0.25, 0.3) is 0 Å². The normalized spacial score (nSPS) is 14.9. The molecule has 7 heteroatoms. The van der Waals surface area contributed by atoms with Crippen LogP contribution in [0.15, 0.2) is 41.4 Å². The Labute approximate surface area is 162 Å². The molecule has 1 atom stereocenters. The molecule has 1 aliphatic rings. The van der Waals surface area contributed by atoms with E-state index in [1.807, 2.05) is 42.5 Å². The van der Waals surface area contributed by atoms with Crippen molar-refractivity contribution in [3.63, 3.8) is 0 Å². The lowest BCUT2D eigenvalue weighted by Crippen LogP contribution is -2.35. The van der Waals surface area contributed by atoms with Gasteiger partial charge >= 0.3 is 0 Å². The second-order valence-corrected chi connectivity index (χ2v) is 7.49. The molecule has 136 valence electrons. The highest BCUT2D eigenvalue weighted by Crippen LogP contribution is 2.37. The van der Waals surface area contributed by atoms with Crippen molar-refractivity contribution in [3.8, 4) is 12.1 Å². The summed E-state index contributed by atoms with van der Waals surface area (Å²) in [4.78, 5) is 17.2. The Kier molecular flexibility index (Phi) is 5.95. The topological polar surface area (TPSA) is 116 Å². The Bertz CT molecular complexity index is 910. The van der Waals surface area contributed by atoms with Crippen LogP contribution in [-0.2, 0) is 4.79 Å². The Balaban J connectivity index is 1.92. The van der Waals surface area contributed by atoms with Crippen LogP contribution in [0.1, 0.15) is 47.6 Å². The van der Waals surface area contributed by atoms with E-state index < -0.39 is 5.25 Å². The molecule has 1 aromatic heterocycles. The zero-order valence-electron chi connectivity index (χ0n) is 14.7. The van der Waals surface area contributed by atoms with Crippen LogP contribution in [0.2, 0.25) is 0 Å². The van der Waals surface area contributed by atoms with Gasteiger partial charge in [0.15, 0.2) is 0 Å². The molecule has 6 nitrogen and oxygen atoms in total. The molecule has 2 aromatic rings. The summed E-state index contributed by atoms with van der Waals surface area (Å²) in [5.74, 6) is -0.0475. The highest BCUT2D eigenvalue weighted by Gasteiger charge is 2.27. The van der Waals surface area contributed by atoms with E-state index in [0.717, 1.165) is 31.2 Å². The summed E-state index contributed by atoms with van der Waals surface area (Å²) in [5, 5.41) is 21.4. The van der Waals surface area contributed by atoms with Gasteiger partial charge in [-0.3, -0.25) is 4.79 Å². The predicted molar refractivity (Wildman–Crippen MR) is 104 cm³/mol. The van der Waals surface area contributed by atoms with Crippen molar-refractivity contribution in [1.29, 1.82) is 10.5 Å². The Morgan fingerprint density at radius 3 is 2.48 bits per heavy atom. The number of benzene rings is 1. The molecule has 0 radical (unpaired) electrons. The maximum absolute atomic E-state index is 13.0. The van der Waals surface area contributed by atoms with Crippen molar-refractivity contribution >= 4 is 23.5 Å². The van der Waals surface area contributed by atoms with Crippen molar-refractivity contribution < 1.29 is 4.79 Å². The Hall–Kier alpha value is -3.03. The molecule has 1 saturated carbocycles. The molecule has 27 heavy (non-hydrogen) atoms. The average molecular weight is 377 g/mol. The van der Waals surface area contributed by atoms with E-state index in [1.54, 1.807) is 0 Å². The minimum atomic E-state index is -0.557. The lowest BCUT2D eigenvalue weighted by Gasteiger charge is -2.20. The molecular formula is C20H19N5OS. The molecular weight excluding hydrogens is 358 g/mol. The van der Waals surface area contributed by atoms with Crippen molar-refractivity contribution in [3.05, 3.63) is 53.1 Å². The first kappa shape index (κ1) is 18.8. The van der Waals surface area contributed by atoms with Crippen molar-refractivity contribution in [2.45, 2.75) is 42.0 Å². The summed E-state index contributed by atoms with van der Waals surface area (Å²) in [5.41, 5.74) is 7.04. The molecule has 3 rings (SSSR count). The van der Waals surface area contributed by atoms with E-state index in [1.165, 1.54) is 17.8 Å². The number of nitrogens with zero attached hydrogens (tertiary/aromatic N) is 3. The number of carbonyl (C=O) groups is 1. The van der Waals surface area contributed by atoms with Crippen LogP contribution in [0, 0.1) is 22.7 Å². The third kappa shape index (κ3) is 4.39. The maximum Gasteiger partial charge on any atom is 0.238 e. The van der Waals surface area contributed by atoms with Crippen LogP contribution in [0.4, 0.5) is 5.82 Å². The van der Waals surface area contributed by atoms with Crippen molar-refractivity contribution in [1.82, 2.24) is 10.3 Å².